The highest BCUT2D eigenvalue weighted by molar-refractivity contribution is 7.89. The molecule has 2 unspecified atom stereocenters. The van der Waals surface area contributed by atoms with Crippen LogP contribution in [0.2, 0.25) is 0 Å². The maximum absolute atomic E-state index is 13.1. The molecular formula is C20H27N3O4S. The third-order valence-electron chi connectivity index (χ3n) is 4.79. The van der Waals surface area contributed by atoms with Crippen LogP contribution < -0.4 is 0 Å². The highest BCUT2D eigenvalue weighted by Gasteiger charge is 2.32. The molecule has 1 fully saturated rings. The van der Waals surface area contributed by atoms with E-state index < -0.39 is 10.0 Å². The molecule has 2 atom stereocenters. The van der Waals surface area contributed by atoms with Crippen molar-refractivity contribution in [1.29, 1.82) is 0 Å². The molecule has 28 heavy (non-hydrogen) atoms. The van der Waals surface area contributed by atoms with Gasteiger partial charge in [0.15, 0.2) is 5.82 Å². The zero-order valence-electron chi connectivity index (χ0n) is 16.5. The average molecular weight is 406 g/mol. The summed E-state index contributed by atoms with van der Waals surface area (Å²) in [5.41, 5.74) is 0.319. The second-order valence-electron chi connectivity index (χ2n) is 7.23. The number of sulfonamides is 1. The van der Waals surface area contributed by atoms with Gasteiger partial charge >= 0.3 is 0 Å². The number of ketones is 1. The highest BCUT2D eigenvalue weighted by Crippen LogP contribution is 2.22. The quantitative estimate of drug-likeness (QED) is 0.662. The smallest absolute Gasteiger partial charge is 0.243 e. The third kappa shape index (κ3) is 4.34. The van der Waals surface area contributed by atoms with E-state index in [1.165, 1.54) is 16.4 Å². The van der Waals surface area contributed by atoms with E-state index in [1.807, 2.05) is 18.4 Å². The molecular weight excluding hydrogens is 378 g/mol. The van der Waals surface area contributed by atoms with Gasteiger partial charge in [-0.15, -0.1) is 0 Å². The first-order valence-corrected chi connectivity index (χ1v) is 11.1. The number of hydrogen-bond acceptors (Lipinski definition) is 5. The van der Waals surface area contributed by atoms with Gasteiger partial charge in [0, 0.05) is 37.6 Å². The van der Waals surface area contributed by atoms with E-state index in [-0.39, 0.29) is 22.9 Å². The molecule has 1 aromatic heterocycles. The number of aromatic nitrogens is 2. The van der Waals surface area contributed by atoms with Gasteiger partial charge in [-0.1, -0.05) is 25.5 Å². The van der Waals surface area contributed by atoms with Crippen LogP contribution in [-0.4, -0.2) is 53.4 Å². The van der Waals surface area contributed by atoms with Crippen molar-refractivity contribution in [1.82, 2.24) is 13.9 Å². The van der Waals surface area contributed by atoms with Gasteiger partial charge in [0.05, 0.1) is 17.1 Å². The van der Waals surface area contributed by atoms with Crippen LogP contribution >= 0.6 is 0 Å². The number of rotatable bonds is 7. The van der Waals surface area contributed by atoms with E-state index in [2.05, 4.69) is 11.9 Å². The fraction of sp³-hybridized carbons (Fsp3) is 0.500. The minimum atomic E-state index is -3.70. The normalized spacial score (nSPS) is 21.0. The standard InChI is InChI=1S/C20H27N3O4S/c1-4-5-10-22-11-9-21-20(22)19(24)17-7-6-8-18(12-17)28(25,26)23-13-15(2)27-16(3)14-23/h6-9,11-12,15-16H,4-5,10,13-14H2,1-3H3. The summed E-state index contributed by atoms with van der Waals surface area (Å²) in [5, 5.41) is 0. The van der Waals surface area contributed by atoms with Crippen LogP contribution in [0.1, 0.15) is 49.8 Å². The van der Waals surface area contributed by atoms with Crippen molar-refractivity contribution in [2.75, 3.05) is 13.1 Å². The van der Waals surface area contributed by atoms with Crippen LogP contribution in [0.4, 0.5) is 0 Å². The van der Waals surface area contributed by atoms with Crippen LogP contribution in [-0.2, 0) is 21.3 Å². The van der Waals surface area contributed by atoms with Gasteiger partial charge in [0.25, 0.3) is 0 Å². The first kappa shape index (κ1) is 20.7. The van der Waals surface area contributed by atoms with E-state index in [0.717, 1.165) is 12.8 Å². The number of unbranched alkanes of at least 4 members (excludes halogenated alkanes) is 1. The van der Waals surface area contributed by atoms with E-state index in [9.17, 15) is 13.2 Å². The molecule has 1 aliphatic rings. The van der Waals surface area contributed by atoms with Crippen LogP contribution in [0.15, 0.2) is 41.6 Å². The van der Waals surface area contributed by atoms with Crippen molar-refractivity contribution in [3.63, 3.8) is 0 Å². The number of hydrogen-bond donors (Lipinski definition) is 0. The monoisotopic (exact) mass is 405 g/mol. The molecule has 1 aliphatic heterocycles. The largest absolute Gasteiger partial charge is 0.373 e. The molecule has 0 bridgehead atoms. The first-order valence-electron chi connectivity index (χ1n) is 9.64. The van der Waals surface area contributed by atoms with Gasteiger partial charge in [0.1, 0.15) is 0 Å². The van der Waals surface area contributed by atoms with E-state index in [1.54, 1.807) is 24.5 Å². The lowest BCUT2D eigenvalue weighted by molar-refractivity contribution is -0.0440. The number of nitrogens with zero attached hydrogens (tertiary/aromatic N) is 3. The lowest BCUT2D eigenvalue weighted by atomic mass is 10.1. The molecule has 7 nitrogen and oxygen atoms in total. The van der Waals surface area contributed by atoms with Crippen molar-refractivity contribution in [2.24, 2.45) is 0 Å². The summed E-state index contributed by atoms with van der Waals surface area (Å²) in [4.78, 5) is 17.2. The third-order valence-corrected chi connectivity index (χ3v) is 6.62. The number of benzene rings is 1. The lowest BCUT2D eigenvalue weighted by Crippen LogP contribution is -2.48. The summed E-state index contributed by atoms with van der Waals surface area (Å²) in [7, 11) is -3.70. The number of carbonyl (C=O) groups is 1. The number of imidazole rings is 1. The minimum absolute atomic E-state index is 0.117. The molecule has 0 radical (unpaired) electrons. The van der Waals surface area contributed by atoms with Gasteiger partial charge in [-0.05, 0) is 32.4 Å². The Balaban J connectivity index is 1.88. The maximum Gasteiger partial charge on any atom is 0.243 e. The molecule has 0 N–H and O–H groups in total. The Hall–Kier alpha value is -2.03. The van der Waals surface area contributed by atoms with Crippen LogP contribution in [0.5, 0.6) is 0 Å². The molecule has 2 heterocycles. The number of morpholine rings is 1. The summed E-state index contributed by atoms with van der Waals surface area (Å²) in [6, 6.07) is 6.21. The Morgan fingerprint density at radius 3 is 2.64 bits per heavy atom. The van der Waals surface area contributed by atoms with Gasteiger partial charge in [-0.25, -0.2) is 13.4 Å². The van der Waals surface area contributed by atoms with Gasteiger partial charge in [-0.2, -0.15) is 4.31 Å². The zero-order valence-corrected chi connectivity index (χ0v) is 17.4. The lowest BCUT2D eigenvalue weighted by Gasteiger charge is -2.34. The van der Waals surface area contributed by atoms with E-state index in [4.69, 9.17) is 4.74 Å². The summed E-state index contributed by atoms with van der Waals surface area (Å²) < 4.78 is 35.1. The Labute approximate surface area is 166 Å². The van der Waals surface area contributed by atoms with Crippen molar-refractivity contribution in [3.05, 3.63) is 48.0 Å². The number of aryl methyl sites for hydroxylation is 1. The molecule has 0 spiro atoms. The predicted molar refractivity (Wildman–Crippen MR) is 106 cm³/mol. The van der Waals surface area contributed by atoms with Gasteiger partial charge in [0.2, 0.25) is 15.8 Å². The Bertz CT molecular complexity index is 928. The second kappa shape index (κ2) is 8.55. The zero-order chi connectivity index (χ0) is 20.3. The predicted octanol–water partition coefficient (Wildman–Crippen LogP) is 2.71. The summed E-state index contributed by atoms with van der Waals surface area (Å²) >= 11 is 0. The summed E-state index contributed by atoms with van der Waals surface area (Å²) in [6.07, 6.45) is 4.98. The van der Waals surface area contributed by atoms with E-state index >= 15 is 0 Å². The molecule has 8 heteroatoms. The van der Waals surface area contributed by atoms with Crippen molar-refractivity contribution >= 4 is 15.8 Å². The Kier molecular flexibility index (Phi) is 6.32. The van der Waals surface area contributed by atoms with Crippen LogP contribution in [0, 0.1) is 0 Å². The Morgan fingerprint density at radius 1 is 1.25 bits per heavy atom. The van der Waals surface area contributed by atoms with Crippen LogP contribution in [0.3, 0.4) is 0 Å². The summed E-state index contributed by atoms with van der Waals surface area (Å²) in [6.45, 7) is 7.10. The topological polar surface area (TPSA) is 81.5 Å². The molecule has 0 amide bonds. The van der Waals surface area contributed by atoms with E-state index in [0.29, 0.717) is 31.0 Å². The molecule has 1 saturated heterocycles. The molecule has 1 aromatic carbocycles. The summed E-state index contributed by atoms with van der Waals surface area (Å²) in [5.74, 6) is 0.0541. The molecule has 0 aliphatic carbocycles. The molecule has 3 rings (SSSR count). The number of ether oxygens (including phenoxy) is 1. The fourth-order valence-electron chi connectivity index (χ4n) is 3.43. The molecule has 0 saturated carbocycles. The minimum Gasteiger partial charge on any atom is -0.373 e. The Morgan fingerprint density at radius 2 is 1.96 bits per heavy atom. The molecule has 2 aromatic rings. The number of carbonyl (C=O) groups excluding carboxylic acids is 1. The van der Waals surface area contributed by atoms with Crippen LogP contribution in [0.25, 0.3) is 0 Å². The first-order chi connectivity index (χ1) is 13.3. The maximum atomic E-state index is 13.1. The van der Waals surface area contributed by atoms with Gasteiger partial charge in [-0.3, -0.25) is 4.79 Å². The fourth-order valence-corrected chi connectivity index (χ4v) is 5.07. The van der Waals surface area contributed by atoms with Crippen molar-refractivity contribution in [3.8, 4) is 0 Å². The van der Waals surface area contributed by atoms with Gasteiger partial charge < -0.3 is 9.30 Å². The average Bonchev–Trinajstić information content (AvgIpc) is 3.13. The SMILES string of the molecule is CCCCn1ccnc1C(=O)c1cccc(S(=O)(=O)N2CC(C)OC(C)C2)c1. The second-order valence-corrected chi connectivity index (χ2v) is 9.17. The van der Waals surface area contributed by atoms with Crippen molar-refractivity contribution < 1.29 is 17.9 Å². The highest BCUT2D eigenvalue weighted by atomic mass is 32.2. The van der Waals surface area contributed by atoms with Crippen molar-refractivity contribution in [2.45, 2.75) is 57.3 Å². The molecule has 152 valence electrons.